The first kappa shape index (κ1) is 22.5. The van der Waals surface area contributed by atoms with Gasteiger partial charge in [0.2, 0.25) is 4.38 Å². The van der Waals surface area contributed by atoms with Gasteiger partial charge in [-0.1, -0.05) is 80.1 Å². The van der Waals surface area contributed by atoms with Crippen molar-refractivity contribution in [1.82, 2.24) is 9.55 Å². The number of rotatable bonds is 11. The van der Waals surface area contributed by atoms with Gasteiger partial charge in [-0.3, -0.25) is 0 Å². The van der Waals surface area contributed by atoms with Crippen LogP contribution in [0.5, 0.6) is 0 Å². The first-order valence-corrected chi connectivity index (χ1v) is 11.4. The number of hydrogen-bond acceptors (Lipinski definition) is 4. The quantitative estimate of drug-likeness (QED) is 0.267. The van der Waals surface area contributed by atoms with E-state index in [1.165, 1.54) is 43.9 Å². The lowest BCUT2D eigenvalue weighted by atomic mass is 10.1. The zero-order chi connectivity index (χ0) is 19.5. The minimum absolute atomic E-state index is 0.0287. The van der Waals surface area contributed by atoms with Gasteiger partial charge in [-0.05, 0) is 36.3 Å². The number of benzene rings is 1. The summed E-state index contributed by atoms with van der Waals surface area (Å²) in [5.41, 5.74) is 0.991. The van der Waals surface area contributed by atoms with Gasteiger partial charge in [-0.2, -0.15) is 0 Å². The van der Waals surface area contributed by atoms with Crippen molar-refractivity contribution in [2.45, 2.75) is 57.2 Å². The number of aromatic nitrogens is 2. The normalized spacial score (nSPS) is 12.1. The van der Waals surface area contributed by atoms with E-state index in [2.05, 4.69) is 11.9 Å². The van der Waals surface area contributed by atoms with E-state index in [0.717, 1.165) is 12.0 Å². The molecule has 1 atom stereocenters. The van der Waals surface area contributed by atoms with E-state index in [9.17, 15) is 0 Å². The molecule has 2 rings (SSSR count). The maximum atomic E-state index is 6.43. The molecular weight excluding hydrogens is 419 g/mol. The number of thioether (sulfide) groups is 1. The third kappa shape index (κ3) is 8.43. The van der Waals surface area contributed by atoms with Crippen LogP contribution in [0.25, 0.3) is 0 Å². The second kappa shape index (κ2) is 12.7. The molecule has 1 aromatic carbocycles. The lowest BCUT2D eigenvalue weighted by molar-refractivity contribution is 0.307. The summed E-state index contributed by atoms with van der Waals surface area (Å²) < 4.78 is 8.35. The van der Waals surface area contributed by atoms with Gasteiger partial charge in [-0.15, -0.1) is 0 Å². The first-order chi connectivity index (χ1) is 13.1. The molecular formula is C20H26Cl2N2OS2. The van der Waals surface area contributed by atoms with E-state index < -0.39 is 0 Å². The third-order valence-electron chi connectivity index (χ3n) is 4.20. The Morgan fingerprint density at radius 1 is 1.22 bits per heavy atom. The van der Waals surface area contributed by atoms with Crippen LogP contribution < -0.4 is 0 Å². The van der Waals surface area contributed by atoms with Crippen molar-refractivity contribution in [3.05, 3.63) is 52.5 Å². The Balaban J connectivity index is 1.89. The molecule has 0 aliphatic carbocycles. The maximum Gasteiger partial charge on any atom is 0.220 e. The highest BCUT2D eigenvalue weighted by Crippen LogP contribution is 2.37. The Labute approximate surface area is 181 Å². The standard InChI is InChI=1S/C20H26Cl2N2OS2/c1-2-3-4-5-6-7-12-25-20(26)27-19(14-24-11-10-23-15-24)17-9-8-16(21)13-18(17)22/h8-11,13,15,19H,2-7,12,14H2,1H3. The fraction of sp³-hybridized carbons (Fsp3) is 0.500. The fourth-order valence-corrected chi connectivity index (χ4v) is 4.74. The molecule has 27 heavy (non-hydrogen) atoms. The van der Waals surface area contributed by atoms with Crippen LogP contribution in [0.4, 0.5) is 0 Å². The van der Waals surface area contributed by atoms with Gasteiger partial charge in [0, 0.05) is 29.0 Å². The molecule has 2 aromatic rings. The summed E-state index contributed by atoms with van der Waals surface area (Å²) in [5, 5.41) is 1.29. The van der Waals surface area contributed by atoms with Gasteiger partial charge in [0.05, 0.1) is 18.2 Å². The molecule has 1 unspecified atom stereocenters. The molecule has 0 spiro atoms. The van der Waals surface area contributed by atoms with Crippen LogP contribution >= 0.6 is 47.2 Å². The highest BCUT2D eigenvalue weighted by atomic mass is 35.5. The van der Waals surface area contributed by atoms with Crippen molar-refractivity contribution >= 4 is 51.6 Å². The number of nitrogens with zero attached hydrogens (tertiary/aromatic N) is 2. The SMILES string of the molecule is CCCCCCCCOC(=S)SC(Cn1ccnc1)c1ccc(Cl)cc1Cl. The Bertz CT molecular complexity index is 695. The molecule has 1 aromatic heterocycles. The second-order valence-electron chi connectivity index (χ2n) is 6.40. The summed E-state index contributed by atoms with van der Waals surface area (Å²) in [5.74, 6) is 0. The van der Waals surface area contributed by atoms with Crippen LogP contribution in [-0.4, -0.2) is 20.5 Å². The molecule has 0 fully saturated rings. The van der Waals surface area contributed by atoms with E-state index in [1.807, 2.05) is 22.9 Å². The van der Waals surface area contributed by atoms with Gasteiger partial charge in [0.25, 0.3) is 0 Å². The summed E-state index contributed by atoms with van der Waals surface area (Å²) in [4.78, 5) is 4.11. The second-order valence-corrected chi connectivity index (χ2v) is 9.05. The molecule has 0 N–H and O–H groups in total. The molecule has 3 nitrogen and oxygen atoms in total. The number of ether oxygens (including phenoxy) is 1. The average molecular weight is 445 g/mol. The molecule has 0 amide bonds. The van der Waals surface area contributed by atoms with Crippen molar-refractivity contribution in [2.24, 2.45) is 0 Å². The Kier molecular flexibility index (Phi) is 10.6. The zero-order valence-electron chi connectivity index (χ0n) is 15.6. The zero-order valence-corrected chi connectivity index (χ0v) is 18.7. The van der Waals surface area contributed by atoms with Crippen molar-refractivity contribution in [1.29, 1.82) is 0 Å². The first-order valence-electron chi connectivity index (χ1n) is 9.34. The van der Waals surface area contributed by atoms with Crippen LogP contribution in [0.15, 0.2) is 36.9 Å². The lowest BCUT2D eigenvalue weighted by Gasteiger charge is -2.19. The van der Waals surface area contributed by atoms with Crippen LogP contribution in [0, 0.1) is 0 Å². The molecule has 0 bridgehead atoms. The predicted octanol–water partition coefficient (Wildman–Crippen LogP) is 7.33. The number of thiocarbonyl (C=S) groups is 1. The molecule has 0 aliphatic heterocycles. The predicted molar refractivity (Wildman–Crippen MR) is 121 cm³/mol. The van der Waals surface area contributed by atoms with E-state index in [-0.39, 0.29) is 5.25 Å². The van der Waals surface area contributed by atoms with Crippen LogP contribution in [-0.2, 0) is 11.3 Å². The average Bonchev–Trinajstić information content (AvgIpc) is 3.13. The third-order valence-corrected chi connectivity index (χ3v) is 6.17. The minimum atomic E-state index is 0.0287. The van der Waals surface area contributed by atoms with E-state index in [1.54, 1.807) is 18.6 Å². The number of halogens is 2. The van der Waals surface area contributed by atoms with E-state index in [0.29, 0.717) is 27.6 Å². The molecule has 0 radical (unpaired) electrons. The van der Waals surface area contributed by atoms with Crippen LogP contribution in [0.2, 0.25) is 10.0 Å². The Hall–Kier alpha value is -0.750. The summed E-state index contributed by atoms with van der Waals surface area (Å²) in [6.45, 7) is 3.60. The molecule has 0 saturated heterocycles. The minimum Gasteiger partial charge on any atom is -0.479 e. The molecule has 0 saturated carbocycles. The number of imidazole rings is 1. The summed E-state index contributed by atoms with van der Waals surface area (Å²) >= 11 is 19.5. The van der Waals surface area contributed by atoms with E-state index in [4.69, 9.17) is 40.2 Å². The largest absolute Gasteiger partial charge is 0.479 e. The maximum absolute atomic E-state index is 6.43. The van der Waals surface area contributed by atoms with Gasteiger partial charge >= 0.3 is 0 Å². The van der Waals surface area contributed by atoms with Crippen LogP contribution in [0.3, 0.4) is 0 Å². The highest BCUT2D eigenvalue weighted by Gasteiger charge is 2.19. The van der Waals surface area contributed by atoms with E-state index >= 15 is 0 Å². The Morgan fingerprint density at radius 3 is 2.70 bits per heavy atom. The summed E-state index contributed by atoms with van der Waals surface area (Å²) in [6, 6.07) is 5.57. The fourth-order valence-electron chi connectivity index (χ4n) is 2.74. The van der Waals surface area contributed by atoms with Crippen molar-refractivity contribution < 1.29 is 4.74 Å². The van der Waals surface area contributed by atoms with Gasteiger partial charge < -0.3 is 9.30 Å². The monoisotopic (exact) mass is 444 g/mol. The number of unbranched alkanes of at least 4 members (excludes halogenated alkanes) is 5. The van der Waals surface area contributed by atoms with Gasteiger partial charge in [0.1, 0.15) is 0 Å². The summed E-state index contributed by atoms with van der Waals surface area (Å²) in [6.07, 6.45) is 12.9. The highest BCUT2D eigenvalue weighted by molar-refractivity contribution is 8.22. The van der Waals surface area contributed by atoms with Crippen molar-refractivity contribution in [2.75, 3.05) is 6.61 Å². The molecule has 148 valence electrons. The molecule has 7 heteroatoms. The molecule has 0 aliphatic rings. The topological polar surface area (TPSA) is 27.1 Å². The van der Waals surface area contributed by atoms with Gasteiger partial charge in [-0.25, -0.2) is 4.98 Å². The Morgan fingerprint density at radius 2 is 2.00 bits per heavy atom. The van der Waals surface area contributed by atoms with Crippen molar-refractivity contribution in [3.8, 4) is 0 Å². The van der Waals surface area contributed by atoms with Crippen LogP contribution in [0.1, 0.15) is 56.3 Å². The number of hydrogen-bond donors (Lipinski definition) is 0. The van der Waals surface area contributed by atoms with Crippen molar-refractivity contribution in [3.63, 3.8) is 0 Å². The molecule has 1 heterocycles. The summed E-state index contributed by atoms with van der Waals surface area (Å²) in [7, 11) is 0. The van der Waals surface area contributed by atoms with Gasteiger partial charge in [0.15, 0.2) is 0 Å². The lowest BCUT2D eigenvalue weighted by Crippen LogP contribution is -2.10. The smallest absolute Gasteiger partial charge is 0.220 e.